The summed E-state index contributed by atoms with van der Waals surface area (Å²) in [5, 5.41) is 26.0. The smallest absolute Gasteiger partial charge is 0.334 e. The largest absolute Gasteiger partial charge is 0.478 e. The molecule has 0 saturated heterocycles. The zero-order chi connectivity index (χ0) is 20.3. The molecule has 4 N–H and O–H groups in total. The Morgan fingerprint density at radius 2 is 1.00 bits per heavy atom. The van der Waals surface area contributed by atoms with E-state index in [0.29, 0.717) is 22.8 Å². The molecule has 0 aromatic heterocycles. The molecule has 6 nitrogen and oxygen atoms in total. The second-order valence-corrected chi connectivity index (χ2v) is 6.69. The zero-order valence-corrected chi connectivity index (χ0v) is 15.6. The van der Waals surface area contributed by atoms with Crippen LogP contribution >= 0.6 is 0 Å². The van der Waals surface area contributed by atoms with Gasteiger partial charge in [0, 0.05) is 34.6 Å². The van der Waals surface area contributed by atoms with Gasteiger partial charge in [0.25, 0.3) is 0 Å². The summed E-state index contributed by atoms with van der Waals surface area (Å²) < 4.78 is 0. The van der Waals surface area contributed by atoms with Crippen LogP contribution in [0.1, 0.15) is 13.8 Å². The first-order valence-electron chi connectivity index (χ1n) is 8.99. The van der Waals surface area contributed by atoms with Crippen molar-refractivity contribution in [2.24, 2.45) is 11.8 Å². The molecular formula is C22H22N2O4. The monoisotopic (exact) mass is 378 g/mol. The molecule has 0 aliphatic heterocycles. The number of hydrogen-bond acceptors (Lipinski definition) is 4. The average Bonchev–Trinajstić information content (AvgIpc) is 2.67. The van der Waals surface area contributed by atoms with Crippen molar-refractivity contribution in [3.63, 3.8) is 0 Å². The summed E-state index contributed by atoms with van der Waals surface area (Å²) in [5.41, 5.74) is 2.50. The van der Waals surface area contributed by atoms with Gasteiger partial charge in [-0.05, 0) is 24.3 Å². The molecule has 0 radical (unpaired) electrons. The highest BCUT2D eigenvalue weighted by molar-refractivity contribution is 5.96. The Hall–Kier alpha value is -3.54. The highest BCUT2D eigenvalue weighted by Gasteiger charge is 2.38. The Bertz CT molecular complexity index is 870. The lowest BCUT2D eigenvalue weighted by Gasteiger charge is -2.33. The van der Waals surface area contributed by atoms with Gasteiger partial charge in [0.1, 0.15) is 0 Å². The number of carboxylic acid groups (broad SMARTS) is 2. The summed E-state index contributed by atoms with van der Waals surface area (Å²) in [5.74, 6) is -3.42. The maximum atomic E-state index is 12.1. The van der Waals surface area contributed by atoms with E-state index < -0.39 is 23.8 Å². The zero-order valence-electron chi connectivity index (χ0n) is 15.6. The number of nitrogens with one attached hydrogen (secondary N) is 2. The maximum Gasteiger partial charge on any atom is 0.334 e. The highest BCUT2D eigenvalue weighted by atomic mass is 16.4. The molecule has 2 aromatic carbocycles. The average molecular weight is 378 g/mol. The van der Waals surface area contributed by atoms with Crippen molar-refractivity contribution in [3.05, 3.63) is 83.2 Å². The minimum Gasteiger partial charge on any atom is -0.478 e. The minimum atomic E-state index is -1.07. The lowest BCUT2D eigenvalue weighted by molar-refractivity contribution is -0.135. The number of carbonyl (C=O) groups is 2. The maximum absolute atomic E-state index is 12.1. The number of hydrogen-bond donors (Lipinski definition) is 4. The molecule has 0 heterocycles. The fourth-order valence-corrected chi connectivity index (χ4v) is 3.53. The Balaban J connectivity index is 2.09. The third-order valence-corrected chi connectivity index (χ3v) is 4.88. The van der Waals surface area contributed by atoms with Gasteiger partial charge in [-0.25, -0.2) is 9.59 Å². The van der Waals surface area contributed by atoms with E-state index in [1.54, 1.807) is 13.8 Å². The topological polar surface area (TPSA) is 98.7 Å². The minimum absolute atomic E-state index is 0.153. The summed E-state index contributed by atoms with van der Waals surface area (Å²) in [7, 11) is 0. The van der Waals surface area contributed by atoms with Crippen LogP contribution < -0.4 is 10.6 Å². The molecule has 0 fully saturated rings. The van der Waals surface area contributed by atoms with Crippen LogP contribution in [0.5, 0.6) is 0 Å². The van der Waals surface area contributed by atoms with E-state index in [1.807, 2.05) is 60.7 Å². The van der Waals surface area contributed by atoms with Crippen molar-refractivity contribution in [1.82, 2.24) is 0 Å². The molecule has 2 unspecified atom stereocenters. The summed E-state index contributed by atoms with van der Waals surface area (Å²) in [6.07, 6.45) is 0. The van der Waals surface area contributed by atoms with Crippen molar-refractivity contribution in [2.45, 2.75) is 13.8 Å². The standard InChI is InChI=1S/C22H22N2O4/c1-13-17(21(25)26)20(24-16-11-7-4-8-12-16)14(2)18(22(27)28)19(13)23-15-9-5-3-6-10-15/h3-14,23-24H,1-2H3,(H,25,26)(H,27,28). The molecule has 1 aliphatic rings. The molecule has 0 saturated carbocycles. The lowest BCUT2D eigenvalue weighted by atomic mass is 9.78. The van der Waals surface area contributed by atoms with Gasteiger partial charge >= 0.3 is 11.9 Å². The Labute approximate surface area is 163 Å². The number of aliphatic carboxylic acids is 2. The molecule has 28 heavy (non-hydrogen) atoms. The molecule has 144 valence electrons. The Morgan fingerprint density at radius 1 is 0.679 bits per heavy atom. The van der Waals surface area contributed by atoms with Gasteiger partial charge in [-0.3, -0.25) is 0 Å². The van der Waals surface area contributed by atoms with Gasteiger partial charge in [-0.2, -0.15) is 0 Å². The normalized spacial score (nSPS) is 19.4. The quantitative estimate of drug-likeness (QED) is 0.602. The summed E-state index contributed by atoms with van der Waals surface area (Å²) in [6.45, 7) is 3.41. The van der Waals surface area contributed by atoms with Crippen molar-refractivity contribution >= 4 is 23.3 Å². The van der Waals surface area contributed by atoms with E-state index in [1.165, 1.54) is 0 Å². The van der Waals surface area contributed by atoms with Crippen LogP contribution in [0.4, 0.5) is 11.4 Å². The molecule has 3 rings (SSSR count). The van der Waals surface area contributed by atoms with Crippen molar-refractivity contribution in [2.75, 3.05) is 10.6 Å². The van der Waals surface area contributed by atoms with Gasteiger partial charge in [0.2, 0.25) is 0 Å². The summed E-state index contributed by atoms with van der Waals surface area (Å²) >= 11 is 0. The van der Waals surface area contributed by atoms with E-state index in [2.05, 4.69) is 10.6 Å². The molecule has 0 bridgehead atoms. The fraction of sp³-hybridized carbons (Fsp3) is 0.182. The summed E-state index contributed by atoms with van der Waals surface area (Å²) in [4.78, 5) is 24.2. The number of carboxylic acids is 2. The number of para-hydroxylation sites is 2. The van der Waals surface area contributed by atoms with E-state index >= 15 is 0 Å². The summed E-state index contributed by atoms with van der Waals surface area (Å²) in [6, 6.07) is 18.3. The van der Waals surface area contributed by atoms with Crippen LogP contribution in [0.25, 0.3) is 0 Å². The molecule has 1 aliphatic carbocycles. The molecule has 0 amide bonds. The predicted molar refractivity (Wildman–Crippen MR) is 108 cm³/mol. The predicted octanol–water partition coefficient (Wildman–Crippen LogP) is 4.17. The molecule has 0 spiro atoms. The molecular weight excluding hydrogens is 356 g/mol. The van der Waals surface area contributed by atoms with E-state index in [0.717, 1.165) is 0 Å². The Morgan fingerprint density at radius 3 is 1.29 bits per heavy atom. The number of anilines is 2. The van der Waals surface area contributed by atoms with Gasteiger partial charge in [-0.1, -0.05) is 50.2 Å². The first kappa shape index (κ1) is 19.2. The molecule has 2 atom stereocenters. The van der Waals surface area contributed by atoms with E-state index in [-0.39, 0.29) is 11.1 Å². The van der Waals surface area contributed by atoms with Gasteiger partial charge in [0.15, 0.2) is 0 Å². The van der Waals surface area contributed by atoms with E-state index in [4.69, 9.17) is 0 Å². The number of rotatable bonds is 6. The molecule has 2 aromatic rings. The van der Waals surface area contributed by atoms with Crippen molar-refractivity contribution in [1.29, 1.82) is 0 Å². The first-order chi connectivity index (χ1) is 13.4. The van der Waals surface area contributed by atoms with Crippen LogP contribution in [0.2, 0.25) is 0 Å². The third-order valence-electron chi connectivity index (χ3n) is 4.88. The SMILES string of the molecule is CC1C(Nc2ccccc2)=C(C(=O)O)C(C)C(Nc2ccccc2)=C1C(=O)O. The van der Waals surface area contributed by atoms with Crippen molar-refractivity contribution in [3.8, 4) is 0 Å². The highest BCUT2D eigenvalue weighted by Crippen LogP contribution is 2.39. The lowest BCUT2D eigenvalue weighted by Crippen LogP contribution is -2.33. The Kier molecular flexibility index (Phi) is 5.49. The van der Waals surface area contributed by atoms with Gasteiger partial charge < -0.3 is 20.8 Å². The third kappa shape index (κ3) is 3.76. The second kappa shape index (κ2) is 8.00. The van der Waals surface area contributed by atoms with Crippen molar-refractivity contribution < 1.29 is 19.8 Å². The van der Waals surface area contributed by atoms with Gasteiger partial charge in [0.05, 0.1) is 11.1 Å². The van der Waals surface area contributed by atoms with Crippen LogP contribution in [-0.4, -0.2) is 22.2 Å². The first-order valence-corrected chi connectivity index (χ1v) is 8.99. The van der Waals surface area contributed by atoms with Gasteiger partial charge in [-0.15, -0.1) is 0 Å². The fourth-order valence-electron chi connectivity index (χ4n) is 3.53. The molecule has 6 heteroatoms. The van der Waals surface area contributed by atoms with Crippen LogP contribution in [0.15, 0.2) is 83.2 Å². The second-order valence-electron chi connectivity index (χ2n) is 6.69. The van der Waals surface area contributed by atoms with Crippen LogP contribution in [0, 0.1) is 11.8 Å². The van der Waals surface area contributed by atoms with Crippen LogP contribution in [-0.2, 0) is 9.59 Å². The number of allylic oxidation sites excluding steroid dienone is 2. The van der Waals surface area contributed by atoms with E-state index in [9.17, 15) is 19.8 Å². The van der Waals surface area contributed by atoms with Crippen LogP contribution in [0.3, 0.4) is 0 Å². The number of benzene rings is 2.